The van der Waals surface area contributed by atoms with Gasteiger partial charge in [0.2, 0.25) is 5.91 Å². The summed E-state index contributed by atoms with van der Waals surface area (Å²) >= 11 is 6.28. The second-order valence-electron chi connectivity index (χ2n) is 16.3. The van der Waals surface area contributed by atoms with E-state index in [2.05, 4.69) is 101 Å². The Hall–Kier alpha value is -5.12. The minimum absolute atomic E-state index is 0.00931. The summed E-state index contributed by atoms with van der Waals surface area (Å²) in [5.41, 5.74) is 16.3. The van der Waals surface area contributed by atoms with Crippen LogP contribution in [0.5, 0.6) is 0 Å². The van der Waals surface area contributed by atoms with Crippen molar-refractivity contribution in [3.8, 4) is 0 Å². The lowest BCUT2D eigenvalue weighted by Crippen LogP contribution is -2.46. The normalized spacial score (nSPS) is 18.3. The van der Waals surface area contributed by atoms with Crippen LogP contribution in [-0.2, 0) is 4.79 Å². The van der Waals surface area contributed by atoms with Gasteiger partial charge in [0.25, 0.3) is 0 Å². The van der Waals surface area contributed by atoms with Crippen molar-refractivity contribution in [2.45, 2.75) is 76.3 Å². The van der Waals surface area contributed by atoms with E-state index < -0.39 is 0 Å². The van der Waals surface area contributed by atoms with Gasteiger partial charge in [-0.1, -0.05) is 74.9 Å². The highest BCUT2D eigenvalue weighted by Gasteiger charge is 2.46. The fraction of sp³-hybridized carbons (Fsp3) is 0.408. The Morgan fingerprint density at radius 2 is 1.76 bits per heavy atom. The molecule has 312 valence electrons. The van der Waals surface area contributed by atoms with E-state index in [-0.39, 0.29) is 17.5 Å². The van der Waals surface area contributed by atoms with Crippen molar-refractivity contribution in [2.75, 3.05) is 57.8 Å². The summed E-state index contributed by atoms with van der Waals surface area (Å²) in [6.45, 7) is 25.8. The van der Waals surface area contributed by atoms with Crippen molar-refractivity contribution in [1.82, 2.24) is 20.0 Å². The molecule has 1 amide bonds. The lowest BCUT2D eigenvalue weighted by atomic mass is 9.95. The fourth-order valence-electron chi connectivity index (χ4n) is 8.11. The van der Waals surface area contributed by atoms with Crippen LogP contribution in [0.4, 0.5) is 5.69 Å². The number of benzene rings is 2. The number of unbranched alkanes of at least 4 members (excludes halogenated alkanes) is 4. The molecule has 10 heteroatoms. The lowest BCUT2D eigenvalue weighted by molar-refractivity contribution is -0.120. The van der Waals surface area contributed by atoms with E-state index in [0.717, 1.165) is 128 Å². The van der Waals surface area contributed by atoms with Crippen molar-refractivity contribution in [2.24, 2.45) is 15.7 Å². The third-order valence-electron chi connectivity index (χ3n) is 12.0. The number of hydrogen-bond acceptors (Lipinski definition) is 8. The number of allylic oxidation sites excluding steroid dienone is 4. The number of aliphatic imine (C=N–C) groups is 2. The van der Waals surface area contributed by atoms with Gasteiger partial charge in [-0.2, -0.15) is 0 Å². The molecule has 59 heavy (non-hydrogen) atoms. The monoisotopic (exact) mass is 814 g/mol. The van der Waals surface area contributed by atoms with Gasteiger partial charge in [0.05, 0.1) is 23.0 Å². The van der Waals surface area contributed by atoms with Gasteiger partial charge in [0.15, 0.2) is 0 Å². The van der Waals surface area contributed by atoms with E-state index in [0.29, 0.717) is 17.9 Å². The number of hydrogen-bond donors (Lipinski definition) is 2. The van der Waals surface area contributed by atoms with E-state index >= 15 is 0 Å². The average Bonchev–Trinajstić information content (AvgIpc) is 4.04. The summed E-state index contributed by atoms with van der Waals surface area (Å²) in [6, 6.07) is 14.5. The Kier molecular flexibility index (Phi) is 14.9. The van der Waals surface area contributed by atoms with Crippen LogP contribution in [0.2, 0.25) is 5.02 Å². The van der Waals surface area contributed by atoms with Gasteiger partial charge in [0.1, 0.15) is 0 Å². The molecular weight excluding hydrogens is 752 g/mol. The predicted molar refractivity (Wildman–Crippen MR) is 249 cm³/mol. The van der Waals surface area contributed by atoms with E-state index in [1.807, 2.05) is 30.5 Å². The summed E-state index contributed by atoms with van der Waals surface area (Å²) in [7, 11) is 1.67. The number of anilines is 1. The Morgan fingerprint density at radius 1 is 1.03 bits per heavy atom. The van der Waals surface area contributed by atoms with E-state index in [1.54, 1.807) is 13.2 Å². The number of amides is 1. The number of carbonyl (C=O) groups is 1. The van der Waals surface area contributed by atoms with Gasteiger partial charge in [0, 0.05) is 116 Å². The summed E-state index contributed by atoms with van der Waals surface area (Å²) < 4.78 is 0. The quantitative estimate of drug-likeness (QED) is 0.0837. The Morgan fingerprint density at radius 3 is 2.44 bits per heavy atom. The summed E-state index contributed by atoms with van der Waals surface area (Å²) in [5.74, 6) is 0.0270. The number of piperazine rings is 1. The highest BCUT2D eigenvalue weighted by atomic mass is 35.5. The van der Waals surface area contributed by atoms with Crippen molar-refractivity contribution in [3.05, 3.63) is 144 Å². The first-order valence-corrected chi connectivity index (χ1v) is 21.6. The zero-order valence-corrected chi connectivity index (χ0v) is 36.0. The third-order valence-corrected chi connectivity index (χ3v) is 12.2. The Bertz CT molecular complexity index is 2030. The first-order chi connectivity index (χ1) is 28.5. The SMILES string of the molecule is C=CC(CCC(=O)NC)N1C=C(C(=C)N2CCN(CCCCCCCN=CC(=CN)c3ccc4c(c3)C(c3ccc(Cl)cc3)=NC3(CC3)CN4C(=C)C)CC2)C=CC1=C. The van der Waals surface area contributed by atoms with Crippen molar-refractivity contribution >= 4 is 40.7 Å². The van der Waals surface area contributed by atoms with Crippen molar-refractivity contribution < 1.29 is 4.79 Å². The molecule has 6 rings (SSSR count). The maximum absolute atomic E-state index is 11.9. The Labute approximate surface area is 357 Å². The number of carbonyl (C=O) groups excluding carboxylic acids is 1. The van der Waals surface area contributed by atoms with Crippen LogP contribution in [0.15, 0.2) is 132 Å². The summed E-state index contributed by atoms with van der Waals surface area (Å²) in [4.78, 5) is 31.4. The first kappa shape index (κ1) is 43.5. The molecule has 2 fully saturated rings. The molecule has 1 aliphatic carbocycles. The van der Waals surface area contributed by atoms with Crippen LogP contribution >= 0.6 is 11.6 Å². The molecule has 3 heterocycles. The summed E-state index contributed by atoms with van der Waals surface area (Å²) in [5, 5.41) is 3.41. The maximum atomic E-state index is 11.9. The second kappa shape index (κ2) is 20.2. The highest BCUT2D eigenvalue weighted by molar-refractivity contribution is 6.30. The second-order valence-corrected chi connectivity index (χ2v) is 16.7. The zero-order valence-electron chi connectivity index (χ0n) is 35.3. The zero-order chi connectivity index (χ0) is 41.9. The maximum Gasteiger partial charge on any atom is 0.219 e. The van der Waals surface area contributed by atoms with Crippen LogP contribution < -0.4 is 16.0 Å². The van der Waals surface area contributed by atoms with E-state index in [9.17, 15) is 4.79 Å². The van der Waals surface area contributed by atoms with Crippen LogP contribution in [0, 0.1) is 0 Å². The molecule has 1 spiro atoms. The number of nitrogens with two attached hydrogens (primary N) is 1. The van der Waals surface area contributed by atoms with Crippen LogP contribution in [0.25, 0.3) is 5.57 Å². The van der Waals surface area contributed by atoms with Crippen molar-refractivity contribution in [1.29, 1.82) is 0 Å². The molecule has 0 radical (unpaired) electrons. The predicted octanol–water partition coefficient (Wildman–Crippen LogP) is 8.87. The van der Waals surface area contributed by atoms with Crippen LogP contribution in [0.3, 0.4) is 0 Å². The van der Waals surface area contributed by atoms with Gasteiger partial charge < -0.3 is 25.8 Å². The minimum atomic E-state index is -0.0903. The van der Waals surface area contributed by atoms with Gasteiger partial charge in [-0.05, 0) is 87.6 Å². The molecule has 1 saturated carbocycles. The van der Waals surface area contributed by atoms with Gasteiger partial charge >= 0.3 is 0 Å². The molecule has 2 aromatic rings. The van der Waals surface area contributed by atoms with Crippen LogP contribution in [0.1, 0.15) is 81.4 Å². The number of rotatable bonds is 19. The third kappa shape index (κ3) is 11.1. The van der Waals surface area contributed by atoms with Gasteiger partial charge in [-0.3, -0.25) is 19.7 Å². The van der Waals surface area contributed by atoms with E-state index in [1.165, 1.54) is 19.3 Å². The first-order valence-electron chi connectivity index (χ1n) is 21.3. The molecular formula is C49H63ClN8O. The van der Waals surface area contributed by atoms with E-state index in [4.69, 9.17) is 27.3 Å². The molecule has 3 aliphatic heterocycles. The molecule has 2 aromatic carbocycles. The number of fused-ring (bicyclic) bond motifs is 1. The van der Waals surface area contributed by atoms with Crippen molar-refractivity contribution in [3.63, 3.8) is 0 Å². The highest BCUT2D eigenvalue weighted by Crippen LogP contribution is 2.46. The largest absolute Gasteiger partial charge is 0.404 e. The average molecular weight is 816 g/mol. The molecule has 1 unspecified atom stereocenters. The fourth-order valence-corrected chi connectivity index (χ4v) is 8.23. The van der Waals surface area contributed by atoms with Crippen LogP contribution in [-0.4, -0.2) is 97.0 Å². The molecule has 9 nitrogen and oxygen atoms in total. The molecule has 3 N–H and O–H groups in total. The Balaban J connectivity index is 0.929. The minimum Gasteiger partial charge on any atom is -0.404 e. The molecule has 4 aliphatic rings. The number of nitrogens with zero attached hydrogens (tertiary/aromatic N) is 6. The molecule has 1 saturated heterocycles. The smallest absolute Gasteiger partial charge is 0.219 e. The molecule has 0 bridgehead atoms. The molecule has 0 aromatic heterocycles. The molecule has 1 atom stereocenters. The summed E-state index contributed by atoms with van der Waals surface area (Å²) in [6.07, 6.45) is 20.8. The van der Waals surface area contributed by atoms with Gasteiger partial charge in [-0.25, -0.2) is 0 Å². The van der Waals surface area contributed by atoms with Gasteiger partial charge in [-0.15, -0.1) is 6.58 Å². The number of halogens is 1. The topological polar surface area (TPSA) is 92.8 Å². The lowest BCUT2D eigenvalue weighted by Gasteiger charge is -2.39. The standard InChI is InChI=1S/C49H63ClN8O/c1-7-44(20-22-47(59)52-6)57-34-41(14-13-37(57)4)38(5)56-29-27-55(28-30-56)26-12-10-8-9-11-25-53-33-42(32-51)40-17-21-46-45(31-40)48(39-15-18-43(50)19-16-39)54-49(23-24-49)35-58(46)36(2)3/h7,13-19,21,31-34,44H,1-2,4-5,8-12,20,22-30,35,51H2,3,6H3,(H,52,59). The number of nitrogens with one attached hydrogen (secondary N) is 1.